The van der Waals surface area contributed by atoms with Gasteiger partial charge in [-0.2, -0.15) is 13.2 Å². The Labute approximate surface area is 131 Å². The standard InChI is InChI=1S/C16H16F3NO3/c1-20(10-12-7-8-23-14(12)15(21)22-2)9-11-3-5-13(6-4-11)16(17,18)19/h3-8H,9-10H2,1-2H3. The van der Waals surface area contributed by atoms with Gasteiger partial charge < -0.3 is 9.15 Å². The van der Waals surface area contributed by atoms with Crippen molar-refractivity contribution in [1.29, 1.82) is 0 Å². The smallest absolute Gasteiger partial charge is 0.416 e. The van der Waals surface area contributed by atoms with Gasteiger partial charge in [-0.25, -0.2) is 4.79 Å². The molecule has 0 atom stereocenters. The second kappa shape index (κ2) is 6.87. The minimum atomic E-state index is -4.34. The fourth-order valence-corrected chi connectivity index (χ4v) is 2.19. The van der Waals surface area contributed by atoms with E-state index in [0.717, 1.165) is 17.7 Å². The van der Waals surface area contributed by atoms with E-state index < -0.39 is 17.7 Å². The number of methoxy groups -OCH3 is 1. The van der Waals surface area contributed by atoms with E-state index in [0.29, 0.717) is 18.7 Å². The molecule has 0 saturated heterocycles. The van der Waals surface area contributed by atoms with Gasteiger partial charge in [0.05, 0.1) is 18.9 Å². The Morgan fingerprint density at radius 1 is 1.17 bits per heavy atom. The highest BCUT2D eigenvalue weighted by Crippen LogP contribution is 2.29. The molecule has 2 aromatic rings. The molecule has 0 spiro atoms. The van der Waals surface area contributed by atoms with Gasteiger partial charge in [0.1, 0.15) is 0 Å². The summed E-state index contributed by atoms with van der Waals surface area (Å²) in [6, 6.07) is 6.66. The van der Waals surface area contributed by atoms with Gasteiger partial charge in [-0.15, -0.1) is 0 Å². The molecule has 0 N–H and O–H groups in total. The monoisotopic (exact) mass is 327 g/mol. The van der Waals surface area contributed by atoms with Crippen LogP contribution in [0, 0.1) is 0 Å². The first-order valence-corrected chi connectivity index (χ1v) is 6.80. The zero-order valence-corrected chi connectivity index (χ0v) is 12.7. The molecule has 0 aliphatic carbocycles. The van der Waals surface area contributed by atoms with E-state index in [2.05, 4.69) is 4.74 Å². The summed E-state index contributed by atoms with van der Waals surface area (Å²) in [7, 11) is 3.06. The van der Waals surface area contributed by atoms with Crippen LogP contribution >= 0.6 is 0 Å². The lowest BCUT2D eigenvalue weighted by Gasteiger charge is -2.17. The number of carbonyl (C=O) groups is 1. The number of alkyl halides is 3. The third-order valence-corrected chi connectivity index (χ3v) is 3.29. The van der Waals surface area contributed by atoms with Crippen LogP contribution in [0.5, 0.6) is 0 Å². The van der Waals surface area contributed by atoms with Gasteiger partial charge in [-0.05, 0) is 30.8 Å². The Balaban J connectivity index is 2.01. The molecule has 1 aromatic heterocycles. The van der Waals surface area contributed by atoms with Crippen molar-refractivity contribution >= 4 is 5.97 Å². The highest BCUT2D eigenvalue weighted by atomic mass is 19.4. The van der Waals surface area contributed by atoms with Gasteiger partial charge in [0.2, 0.25) is 5.76 Å². The molecule has 0 aliphatic rings. The first-order chi connectivity index (χ1) is 10.8. The Hall–Kier alpha value is -2.28. The summed E-state index contributed by atoms with van der Waals surface area (Å²) >= 11 is 0. The number of rotatable bonds is 5. The van der Waals surface area contributed by atoms with Gasteiger partial charge in [0.15, 0.2) is 0 Å². The normalized spacial score (nSPS) is 11.7. The summed E-state index contributed by atoms with van der Waals surface area (Å²) in [4.78, 5) is 13.4. The Morgan fingerprint density at radius 2 is 1.83 bits per heavy atom. The minimum Gasteiger partial charge on any atom is -0.463 e. The zero-order valence-electron chi connectivity index (χ0n) is 12.7. The minimum absolute atomic E-state index is 0.131. The average Bonchev–Trinajstić information content (AvgIpc) is 2.94. The first-order valence-electron chi connectivity index (χ1n) is 6.80. The van der Waals surface area contributed by atoms with Crippen LogP contribution < -0.4 is 0 Å². The number of furan rings is 1. The van der Waals surface area contributed by atoms with Crippen molar-refractivity contribution in [3.05, 3.63) is 59.0 Å². The maximum atomic E-state index is 12.5. The molecule has 0 unspecified atom stereocenters. The van der Waals surface area contributed by atoms with Crippen molar-refractivity contribution in [2.45, 2.75) is 19.3 Å². The third-order valence-electron chi connectivity index (χ3n) is 3.29. The van der Waals surface area contributed by atoms with Crippen molar-refractivity contribution in [3.8, 4) is 0 Å². The molecule has 0 fully saturated rings. The van der Waals surface area contributed by atoms with Crippen LogP contribution in [0.2, 0.25) is 0 Å². The van der Waals surface area contributed by atoms with Crippen molar-refractivity contribution in [2.75, 3.05) is 14.2 Å². The second-order valence-corrected chi connectivity index (χ2v) is 5.13. The van der Waals surface area contributed by atoms with Crippen LogP contribution in [0.1, 0.15) is 27.2 Å². The highest BCUT2D eigenvalue weighted by molar-refractivity contribution is 5.87. The van der Waals surface area contributed by atoms with E-state index in [1.54, 1.807) is 13.1 Å². The number of ether oxygens (including phenoxy) is 1. The highest BCUT2D eigenvalue weighted by Gasteiger charge is 2.29. The fraction of sp³-hybridized carbons (Fsp3) is 0.312. The summed E-state index contributed by atoms with van der Waals surface area (Å²) in [5, 5.41) is 0. The average molecular weight is 327 g/mol. The summed E-state index contributed by atoms with van der Waals surface area (Å²) < 4.78 is 47.3. The van der Waals surface area contributed by atoms with Crippen LogP contribution in [0.4, 0.5) is 13.2 Å². The van der Waals surface area contributed by atoms with E-state index in [1.165, 1.54) is 25.5 Å². The quantitative estimate of drug-likeness (QED) is 0.785. The molecule has 2 rings (SSSR count). The van der Waals surface area contributed by atoms with Crippen molar-refractivity contribution < 1.29 is 27.1 Å². The molecule has 4 nitrogen and oxygen atoms in total. The number of hydrogen-bond acceptors (Lipinski definition) is 4. The SMILES string of the molecule is COC(=O)c1occc1CN(C)Cc1ccc(C(F)(F)F)cc1. The summed E-state index contributed by atoms with van der Waals surface area (Å²) in [6.07, 6.45) is -2.94. The maximum absolute atomic E-state index is 12.5. The van der Waals surface area contributed by atoms with Gasteiger partial charge in [-0.3, -0.25) is 4.90 Å². The lowest BCUT2D eigenvalue weighted by atomic mass is 10.1. The molecule has 1 heterocycles. The third kappa shape index (κ3) is 4.35. The summed E-state index contributed by atoms with van der Waals surface area (Å²) in [6.45, 7) is 0.839. The number of carbonyl (C=O) groups excluding carboxylic acids is 1. The number of halogens is 3. The molecule has 23 heavy (non-hydrogen) atoms. The van der Waals surface area contributed by atoms with Gasteiger partial charge >= 0.3 is 12.1 Å². The van der Waals surface area contributed by atoms with Crippen LogP contribution in [-0.2, 0) is 24.0 Å². The van der Waals surface area contributed by atoms with E-state index in [-0.39, 0.29) is 5.76 Å². The van der Waals surface area contributed by atoms with Crippen LogP contribution in [0.25, 0.3) is 0 Å². The zero-order chi connectivity index (χ0) is 17.0. The topological polar surface area (TPSA) is 42.7 Å². The van der Waals surface area contributed by atoms with Crippen molar-refractivity contribution in [1.82, 2.24) is 4.90 Å². The molecule has 1 aromatic carbocycles. The predicted molar refractivity (Wildman–Crippen MR) is 76.7 cm³/mol. The second-order valence-electron chi connectivity index (χ2n) is 5.13. The van der Waals surface area contributed by atoms with Gasteiger partial charge in [0.25, 0.3) is 0 Å². The van der Waals surface area contributed by atoms with Gasteiger partial charge in [-0.1, -0.05) is 12.1 Å². The largest absolute Gasteiger partial charge is 0.463 e. The van der Waals surface area contributed by atoms with Crippen molar-refractivity contribution in [3.63, 3.8) is 0 Å². The lowest BCUT2D eigenvalue weighted by Crippen LogP contribution is -2.18. The number of hydrogen-bond donors (Lipinski definition) is 0. The number of esters is 1. The Morgan fingerprint density at radius 3 is 2.39 bits per heavy atom. The van der Waals surface area contributed by atoms with E-state index in [9.17, 15) is 18.0 Å². The molecule has 0 bridgehead atoms. The molecule has 0 aliphatic heterocycles. The lowest BCUT2D eigenvalue weighted by molar-refractivity contribution is -0.137. The predicted octanol–water partition coefficient (Wildman–Crippen LogP) is 3.72. The molecular formula is C16H16F3NO3. The van der Waals surface area contributed by atoms with E-state index in [4.69, 9.17) is 4.42 Å². The molecule has 7 heteroatoms. The Kier molecular flexibility index (Phi) is 5.10. The molecule has 0 radical (unpaired) electrons. The van der Waals surface area contributed by atoms with Crippen LogP contribution in [0.3, 0.4) is 0 Å². The molecular weight excluding hydrogens is 311 g/mol. The van der Waals surface area contributed by atoms with Crippen molar-refractivity contribution in [2.24, 2.45) is 0 Å². The van der Waals surface area contributed by atoms with Crippen LogP contribution in [-0.4, -0.2) is 25.0 Å². The summed E-state index contributed by atoms with van der Waals surface area (Å²) in [5.41, 5.74) is 0.724. The van der Waals surface area contributed by atoms with Gasteiger partial charge in [0, 0.05) is 18.7 Å². The first kappa shape index (κ1) is 17.1. The van der Waals surface area contributed by atoms with Crippen LogP contribution in [0.15, 0.2) is 41.0 Å². The number of benzene rings is 1. The summed E-state index contributed by atoms with van der Waals surface area (Å²) in [5.74, 6) is -0.431. The number of nitrogens with zero attached hydrogens (tertiary/aromatic N) is 1. The molecule has 0 saturated carbocycles. The Bertz CT molecular complexity index is 662. The molecule has 0 amide bonds. The van der Waals surface area contributed by atoms with E-state index in [1.807, 2.05) is 4.90 Å². The maximum Gasteiger partial charge on any atom is 0.416 e. The molecule has 124 valence electrons. The fourth-order valence-electron chi connectivity index (χ4n) is 2.19. The van der Waals surface area contributed by atoms with E-state index >= 15 is 0 Å².